The molecule has 1 aromatic rings. The number of nitrogens with zero attached hydrogens (tertiary/aromatic N) is 4. The molecule has 0 spiro atoms. The van der Waals surface area contributed by atoms with Gasteiger partial charge in [-0.3, -0.25) is 24.4 Å². The van der Waals surface area contributed by atoms with Crippen LogP contribution < -0.4 is 5.32 Å². The van der Waals surface area contributed by atoms with Crippen LogP contribution in [0.5, 0.6) is 0 Å². The highest BCUT2D eigenvalue weighted by atomic mass is 16.2. The van der Waals surface area contributed by atoms with Crippen molar-refractivity contribution in [2.24, 2.45) is 5.41 Å². The van der Waals surface area contributed by atoms with Crippen molar-refractivity contribution < 1.29 is 9.59 Å². The van der Waals surface area contributed by atoms with E-state index in [2.05, 4.69) is 40.9 Å². The molecule has 7 heteroatoms. The Morgan fingerprint density at radius 2 is 2.00 bits per heavy atom. The van der Waals surface area contributed by atoms with Crippen molar-refractivity contribution in [1.29, 1.82) is 0 Å². The van der Waals surface area contributed by atoms with Crippen LogP contribution in [-0.4, -0.2) is 83.4 Å². The van der Waals surface area contributed by atoms with Gasteiger partial charge < -0.3 is 10.2 Å². The van der Waals surface area contributed by atoms with Gasteiger partial charge in [-0.2, -0.15) is 0 Å². The summed E-state index contributed by atoms with van der Waals surface area (Å²) in [6.07, 6.45) is 3.03. The normalized spacial score (nSPS) is 22.2. The Morgan fingerprint density at radius 1 is 1.17 bits per heavy atom. The molecule has 29 heavy (non-hydrogen) atoms. The molecule has 1 aromatic heterocycles. The first-order valence-corrected chi connectivity index (χ1v) is 10.7. The molecule has 7 nitrogen and oxygen atoms in total. The summed E-state index contributed by atoms with van der Waals surface area (Å²) < 4.78 is 0. The second kappa shape index (κ2) is 9.67. The van der Waals surface area contributed by atoms with E-state index >= 15 is 0 Å². The summed E-state index contributed by atoms with van der Waals surface area (Å²) in [4.78, 5) is 36.4. The Balaban J connectivity index is 1.56. The van der Waals surface area contributed by atoms with Gasteiger partial charge in [0, 0.05) is 58.6 Å². The molecule has 0 aromatic carbocycles. The van der Waals surface area contributed by atoms with E-state index in [1.165, 1.54) is 0 Å². The van der Waals surface area contributed by atoms with Gasteiger partial charge in [-0.05, 0) is 24.0 Å². The van der Waals surface area contributed by atoms with Crippen LogP contribution in [0.1, 0.15) is 39.3 Å². The monoisotopic (exact) mass is 401 g/mol. The summed E-state index contributed by atoms with van der Waals surface area (Å²) in [7, 11) is 0. The van der Waals surface area contributed by atoms with Crippen LogP contribution in [0.15, 0.2) is 24.4 Å². The van der Waals surface area contributed by atoms with Gasteiger partial charge in [-0.15, -0.1) is 0 Å². The fourth-order valence-electron chi connectivity index (χ4n) is 4.18. The largest absolute Gasteiger partial charge is 0.353 e. The molecule has 0 saturated carbocycles. The van der Waals surface area contributed by atoms with Crippen molar-refractivity contribution in [3.05, 3.63) is 30.1 Å². The average molecular weight is 402 g/mol. The maximum atomic E-state index is 13.0. The van der Waals surface area contributed by atoms with E-state index in [1.54, 1.807) is 0 Å². The Morgan fingerprint density at radius 3 is 2.72 bits per heavy atom. The lowest BCUT2D eigenvalue weighted by Crippen LogP contribution is -2.58. The first-order valence-electron chi connectivity index (χ1n) is 10.7. The summed E-state index contributed by atoms with van der Waals surface area (Å²) in [5, 5.41) is 2.94. The molecule has 2 saturated heterocycles. The summed E-state index contributed by atoms with van der Waals surface area (Å²) >= 11 is 0. The van der Waals surface area contributed by atoms with E-state index < -0.39 is 0 Å². The van der Waals surface area contributed by atoms with Crippen molar-refractivity contribution in [2.75, 3.05) is 45.8 Å². The predicted octanol–water partition coefficient (Wildman–Crippen LogP) is 1.35. The maximum absolute atomic E-state index is 13.0. The van der Waals surface area contributed by atoms with Gasteiger partial charge in [-0.25, -0.2) is 0 Å². The van der Waals surface area contributed by atoms with Gasteiger partial charge in [0.05, 0.1) is 18.2 Å². The Kier molecular flexibility index (Phi) is 7.24. The lowest BCUT2D eigenvalue weighted by Gasteiger charge is -2.39. The third-order valence-electron chi connectivity index (χ3n) is 5.54. The molecule has 2 amide bonds. The van der Waals surface area contributed by atoms with Crippen LogP contribution in [0.3, 0.4) is 0 Å². The number of rotatable bonds is 5. The van der Waals surface area contributed by atoms with E-state index in [4.69, 9.17) is 0 Å². The number of hydrogen-bond acceptors (Lipinski definition) is 5. The van der Waals surface area contributed by atoms with Crippen LogP contribution in [0.25, 0.3) is 0 Å². The predicted molar refractivity (Wildman–Crippen MR) is 113 cm³/mol. The van der Waals surface area contributed by atoms with Gasteiger partial charge in [0.15, 0.2) is 0 Å². The standard InChI is InChI=1S/C22H35N5O2/c1-22(2,3)17-27-12-9-24-21(29)19(27)15-20(28)26-11-6-10-25(13-14-26)16-18-7-4-5-8-23-18/h4-5,7-8,19H,6,9-17H2,1-3H3,(H,24,29)/t19-/m1/s1. The minimum absolute atomic E-state index is 0.0135. The molecule has 160 valence electrons. The fourth-order valence-corrected chi connectivity index (χ4v) is 4.18. The zero-order chi connectivity index (χ0) is 20.9. The van der Waals surface area contributed by atoms with Gasteiger partial charge in [-0.1, -0.05) is 26.8 Å². The third kappa shape index (κ3) is 6.51. The van der Waals surface area contributed by atoms with Crippen molar-refractivity contribution >= 4 is 11.8 Å². The van der Waals surface area contributed by atoms with E-state index in [-0.39, 0.29) is 29.7 Å². The number of amides is 2. The lowest BCUT2D eigenvalue weighted by molar-refractivity contribution is -0.139. The van der Waals surface area contributed by atoms with Crippen LogP contribution in [0.2, 0.25) is 0 Å². The van der Waals surface area contributed by atoms with Crippen molar-refractivity contribution in [3.63, 3.8) is 0 Å². The summed E-state index contributed by atoms with van der Waals surface area (Å²) in [6, 6.07) is 5.62. The van der Waals surface area contributed by atoms with Gasteiger partial charge in [0.1, 0.15) is 0 Å². The second-order valence-electron chi connectivity index (χ2n) is 9.37. The molecule has 0 radical (unpaired) electrons. The minimum Gasteiger partial charge on any atom is -0.353 e. The zero-order valence-electron chi connectivity index (χ0n) is 18.1. The topological polar surface area (TPSA) is 68.8 Å². The van der Waals surface area contributed by atoms with Gasteiger partial charge >= 0.3 is 0 Å². The minimum atomic E-state index is -0.358. The van der Waals surface area contributed by atoms with E-state index in [0.29, 0.717) is 13.1 Å². The Bertz CT molecular complexity index is 688. The molecule has 1 atom stereocenters. The number of carbonyl (C=O) groups excluding carboxylic acids is 2. The highest BCUT2D eigenvalue weighted by molar-refractivity contribution is 5.88. The second-order valence-corrected chi connectivity index (χ2v) is 9.37. The summed E-state index contributed by atoms with van der Waals surface area (Å²) in [5.41, 5.74) is 1.15. The number of pyridine rings is 1. The molecule has 0 bridgehead atoms. The molecule has 1 N–H and O–H groups in total. The Labute approximate surface area is 174 Å². The SMILES string of the molecule is CC(C)(C)CN1CCNC(=O)[C@H]1CC(=O)N1CCCN(Cc2ccccn2)CC1. The maximum Gasteiger partial charge on any atom is 0.237 e. The smallest absolute Gasteiger partial charge is 0.237 e. The van der Waals surface area contributed by atoms with Crippen LogP contribution in [0.4, 0.5) is 0 Å². The highest BCUT2D eigenvalue weighted by Gasteiger charge is 2.35. The molecule has 2 aliphatic rings. The highest BCUT2D eigenvalue weighted by Crippen LogP contribution is 2.20. The number of nitrogens with one attached hydrogen (secondary N) is 1. The lowest BCUT2D eigenvalue weighted by atomic mass is 9.94. The van der Waals surface area contributed by atoms with Crippen molar-refractivity contribution in [2.45, 2.75) is 46.2 Å². The summed E-state index contributed by atoms with van der Waals surface area (Å²) in [6.45, 7) is 12.9. The van der Waals surface area contributed by atoms with Crippen molar-refractivity contribution in [1.82, 2.24) is 25.0 Å². The first-order chi connectivity index (χ1) is 13.8. The Hall–Kier alpha value is -1.99. The van der Waals surface area contributed by atoms with Crippen LogP contribution in [-0.2, 0) is 16.1 Å². The van der Waals surface area contributed by atoms with Gasteiger partial charge in [0.25, 0.3) is 0 Å². The number of piperazine rings is 1. The molecular formula is C22H35N5O2. The van der Waals surface area contributed by atoms with Crippen LogP contribution >= 0.6 is 0 Å². The summed E-state index contributed by atoms with van der Waals surface area (Å²) in [5.74, 6) is 0.0751. The van der Waals surface area contributed by atoms with E-state index in [9.17, 15) is 9.59 Å². The van der Waals surface area contributed by atoms with Gasteiger partial charge in [0.2, 0.25) is 11.8 Å². The number of aromatic nitrogens is 1. The molecule has 3 heterocycles. The number of hydrogen-bond donors (Lipinski definition) is 1. The molecule has 2 fully saturated rings. The first kappa shape index (κ1) is 21.7. The average Bonchev–Trinajstić information content (AvgIpc) is 2.90. The third-order valence-corrected chi connectivity index (χ3v) is 5.54. The zero-order valence-corrected chi connectivity index (χ0v) is 18.1. The molecular weight excluding hydrogens is 366 g/mol. The quantitative estimate of drug-likeness (QED) is 0.807. The van der Waals surface area contributed by atoms with Crippen molar-refractivity contribution in [3.8, 4) is 0 Å². The number of carbonyl (C=O) groups is 2. The van der Waals surface area contributed by atoms with Crippen LogP contribution in [0, 0.1) is 5.41 Å². The van der Waals surface area contributed by atoms with E-state index in [1.807, 2.05) is 29.3 Å². The van der Waals surface area contributed by atoms with E-state index in [0.717, 1.165) is 51.4 Å². The molecule has 0 unspecified atom stereocenters. The fraction of sp³-hybridized carbons (Fsp3) is 0.682. The molecule has 2 aliphatic heterocycles. The molecule has 3 rings (SSSR count). The molecule has 0 aliphatic carbocycles.